The Balaban J connectivity index is 3.48. The van der Waals surface area contributed by atoms with Crippen molar-refractivity contribution in [2.75, 3.05) is 7.11 Å². The van der Waals surface area contributed by atoms with Crippen LogP contribution in [0.1, 0.15) is 37.0 Å². The second kappa shape index (κ2) is 5.31. The van der Waals surface area contributed by atoms with Gasteiger partial charge >= 0.3 is 5.97 Å². The molecule has 0 aliphatic carbocycles. The van der Waals surface area contributed by atoms with Crippen molar-refractivity contribution < 1.29 is 14.6 Å². The Morgan fingerprint density at radius 1 is 1.44 bits per heavy atom. The minimum Gasteiger partial charge on any atom is -0.496 e. The predicted octanol–water partition coefficient (Wildman–Crippen LogP) is 3.83. The summed E-state index contributed by atoms with van der Waals surface area (Å²) in [6.07, 6.45) is 0.0747. The van der Waals surface area contributed by atoms with E-state index in [4.69, 9.17) is 9.84 Å². The molecular weight excluding hydrogens is 296 g/mol. The highest BCUT2D eigenvalue weighted by Crippen LogP contribution is 2.41. The number of ether oxygens (including phenoxy) is 1. The molecule has 18 heavy (non-hydrogen) atoms. The van der Waals surface area contributed by atoms with Gasteiger partial charge < -0.3 is 9.84 Å². The summed E-state index contributed by atoms with van der Waals surface area (Å²) >= 11 is 3.49. The third-order valence-corrected chi connectivity index (χ3v) is 3.96. The van der Waals surface area contributed by atoms with Crippen molar-refractivity contribution in [3.63, 3.8) is 0 Å². The topological polar surface area (TPSA) is 46.5 Å². The van der Waals surface area contributed by atoms with Gasteiger partial charge in [0.15, 0.2) is 0 Å². The maximum atomic E-state index is 11.0. The standard InChI is InChI=1S/C14H19BrO3/c1-8-6-10(15)9(2)13(18-5)12(8)14(3,4)7-11(16)17/h6H,7H2,1-5H3,(H,16,17). The van der Waals surface area contributed by atoms with Crippen LogP contribution in [0.25, 0.3) is 0 Å². The number of rotatable bonds is 4. The van der Waals surface area contributed by atoms with Gasteiger partial charge in [0.1, 0.15) is 5.75 Å². The Bertz CT molecular complexity index is 478. The first-order chi connectivity index (χ1) is 8.20. The van der Waals surface area contributed by atoms with Crippen molar-refractivity contribution in [1.29, 1.82) is 0 Å². The fourth-order valence-corrected chi connectivity index (χ4v) is 2.93. The summed E-state index contributed by atoms with van der Waals surface area (Å²) in [6.45, 7) is 7.80. The van der Waals surface area contributed by atoms with E-state index in [1.807, 2.05) is 33.8 Å². The van der Waals surface area contributed by atoms with Gasteiger partial charge in [0.2, 0.25) is 0 Å². The zero-order valence-corrected chi connectivity index (χ0v) is 13.0. The molecule has 0 amide bonds. The highest BCUT2D eigenvalue weighted by Gasteiger charge is 2.30. The van der Waals surface area contributed by atoms with Crippen molar-refractivity contribution in [3.8, 4) is 5.75 Å². The number of methoxy groups -OCH3 is 1. The lowest BCUT2D eigenvalue weighted by atomic mass is 9.78. The molecule has 1 rings (SSSR count). The van der Waals surface area contributed by atoms with Crippen LogP contribution in [0.5, 0.6) is 5.75 Å². The van der Waals surface area contributed by atoms with E-state index in [0.29, 0.717) is 0 Å². The number of hydrogen-bond acceptors (Lipinski definition) is 2. The van der Waals surface area contributed by atoms with Crippen LogP contribution in [0.15, 0.2) is 10.5 Å². The van der Waals surface area contributed by atoms with Crippen LogP contribution in [0.4, 0.5) is 0 Å². The molecule has 0 aliphatic heterocycles. The highest BCUT2D eigenvalue weighted by atomic mass is 79.9. The summed E-state index contributed by atoms with van der Waals surface area (Å²) in [5, 5.41) is 9.04. The molecule has 4 heteroatoms. The molecule has 0 saturated heterocycles. The molecule has 0 aromatic heterocycles. The summed E-state index contributed by atoms with van der Waals surface area (Å²) < 4.78 is 6.46. The largest absolute Gasteiger partial charge is 0.496 e. The average Bonchev–Trinajstić information content (AvgIpc) is 2.20. The number of carboxylic acids is 1. The highest BCUT2D eigenvalue weighted by molar-refractivity contribution is 9.10. The average molecular weight is 315 g/mol. The van der Waals surface area contributed by atoms with Crippen LogP contribution < -0.4 is 4.74 Å². The molecule has 0 saturated carbocycles. The molecule has 0 heterocycles. The van der Waals surface area contributed by atoms with E-state index in [2.05, 4.69) is 15.9 Å². The minimum atomic E-state index is -0.804. The molecule has 0 atom stereocenters. The summed E-state index contributed by atoms with van der Waals surface area (Å²) in [7, 11) is 1.62. The number of halogens is 1. The smallest absolute Gasteiger partial charge is 0.304 e. The van der Waals surface area contributed by atoms with E-state index < -0.39 is 11.4 Å². The number of carbonyl (C=O) groups is 1. The fourth-order valence-electron chi connectivity index (χ4n) is 2.41. The predicted molar refractivity (Wildman–Crippen MR) is 75.4 cm³/mol. The number of carboxylic acid groups (broad SMARTS) is 1. The molecule has 0 bridgehead atoms. The lowest BCUT2D eigenvalue weighted by molar-refractivity contribution is -0.138. The Labute approximate surface area is 116 Å². The Morgan fingerprint density at radius 3 is 2.44 bits per heavy atom. The Kier molecular flexibility index (Phi) is 4.43. The van der Waals surface area contributed by atoms with Gasteiger partial charge in [0.05, 0.1) is 13.5 Å². The molecule has 0 unspecified atom stereocenters. The summed E-state index contributed by atoms with van der Waals surface area (Å²) in [5.74, 6) is -0.0323. The van der Waals surface area contributed by atoms with E-state index in [1.165, 1.54) is 0 Å². The lowest BCUT2D eigenvalue weighted by Crippen LogP contribution is -2.24. The zero-order chi connectivity index (χ0) is 14.1. The first-order valence-electron chi connectivity index (χ1n) is 5.76. The second-order valence-corrected chi connectivity index (χ2v) is 6.02. The molecule has 0 fully saturated rings. The molecule has 100 valence electrons. The summed E-state index contributed by atoms with van der Waals surface area (Å²) in [5.41, 5.74) is 2.53. The first kappa shape index (κ1) is 15.0. The molecule has 0 radical (unpaired) electrons. The molecule has 0 aliphatic rings. The normalized spacial score (nSPS) is 11.4. The van der Waals surface area contributed by atoms with E-state index in [9.17, 15) is 4.79 Å². The second-order valence-electron chi connectivity index (χ2n) is 5.16. The van der Waals surface area contributed by atoms with E-state index in [0.717, 1.165) is 26.9 Å². The van der Waals surface area contributed by atoms with Crippen molar-refractivity contribution in [3.05, 3.63) is 27.2 Å². The minimum absolute atomic E-state index is 0.0747. The SMILES string of the molecule is COc1c(C)c(Br)cc(C)c1C(C)(C)CC(=O)O. The van der Waals surface area contributed by atoms with Crippen molar-refractivity contribution in [2.24, 2.45) is 0 Å². The number of aryl methyl sites for hydroxylation is 1. The first-order valence-corrected chi connectivity index (χ1v) is 6.56. The van der Waals surface area contributed by atoms with Crippen LogP contribution in [0.3, 0.4) is 0 Å². The number of benzene rings is 1. The molecule has 1 N–H and O–H groups in total. The van der Waals surface area contributed by atoms with Gasteiger partial charge in [-0.05, 0) is 25.5 Å². The van der Waals surface area contributed by atoms with Crippen LogP contribution in [0.2, 0.25) is 0 Å². The maximum absolute atomic E-state index is 11.0. The van der Waals surface area contributed by atoms with Gasteiger partial charge in [0.25, 0.3) is 0 Å². The van der Waals surface area contributed by atoms with E-state index in [1.54, 1.807) is 7.11 Å². The van der Waals surface area contributed by atoms with Crippen molar-refractivity contribution >= 4 is 21.9 Å². The quantitative estimate of drug-likeness (QED) is 0.918. The Morgan fingerprint density at radius 2 is 2.00 bits per heavy atom. The lowest BCUT2D eigenvalue weighted by Gasteiger charge is -2.28. The monoisotopic (exact) mass is 314 g/mol. The van der Waals surface area contributed by atoms with Gasteiger partial charge in [-0.25, -0.2) is 0 Å². The molecule has 0 spiro atoms. The van der Waals surface area contributed by atoms with Crippen LogP contribution in [-0.4, -0.2) is 18.2 Å². The van der Waals surface area contributed by atoms with Gasteiger partial charge in [-0.3, -0.25) is 4.79 Å². The Hall–Kier alpha value is -1.03. The number of aliphatic carboxylic acids is 1. The molecular formula is C14H19BrO3. The maximum Gasteiger partial charge on any atom is 0.304 e. The number of hydrogen-bond donors (Lipinski definition) is 1. The summed E-state index contributed by atoms with van der Waals surface area (Å²) in [6, 6.07) is 2.01. The van der Waals surface area contributed by atoms with Gasteiger partial charge in [-0.15, -0.1) is 0 Å². The third kappa shape index (κ3) is 2.86. The van der Waals surface area contributed by atoms with Crippen molar-refractivity contribution in [2.45, 2.75) is 39.5 Å². The van der Waals surface area contributed by atoms with Gasteiger partial charge in [-0.2, -0.15) is 0 Å². The molecule has 3 nitrogen and oxygen atoms in total. The van der Waals surface area contributed by atoms with Crippen LogP contribution >= 0.6 is 15.9 Å². The molecule has 1 aromatic rings. The molecule has 1 aromatic carbocycles. The zero-order valence-electron chi connectivity index (χ0n) is 11.4. The van der Waals surface area contributed by atoms with E-state index in [-0.39, 0.29) is 6.42 Å². The van der Waals surface area contributed by atoms with E-state index >= 15 is 0 Å². The van der Waals surface area contributed by atoms with Gasteiger partial charge in [0, 0.05) is 21.0 Å². The van der Waals surface area contributed by atoms with Crippen molar-refractivity contribution in [1.82, 2.24) is 0 Å². The summed E-state index contributed by atoms with van der Waals surface area (Å²) in [4.78, 5) is 11.0. The van der Waals surface area contributed by atoms with Crippen LogP contribution in [0, 0.1) is 13.8 Å². The third-order valence-electron chi connectivity index (χ3n) is 3.14. The van der Waals surface area contributed by atoms with Crippen LogP contribution in [-0.2, 0) is 10.2 Å². The fraction of sp³-hybridized carbons (Fsp3) is 0.500. The van der Waals surface area contributed by atoms with Gasteiger partial charge in [-0.1, -0.05) is 29.8 Å².